The molecule has 0 aliphatic rings. The topological polar surface area (TPSA) is 104 Å². The normalized spacial score (nSPS) is 12.2. The Labute approximate surface area is 149 Å². The number of amides is 1. The van der Waals surface area contributed by atoms with Gasteiger partial charge in [0.25, 0.3) is 0 Å². The van der Waals surface area contributed by atoms with Gasteiger partial charge in [-0.25, -0.2) is 8.42 Å². The van der Waals surface area contributed by atoms with Gasteiger partial charge in [-0.15, -0.1) is 0 Å². The molecular weight excluding hydrogens is 344 g/mol. The summed E-state index contributed by atoms with van der Waals surface area (Å²) >= 11 is 0. The lowest BCUT2D eigenvalue weighted by Gasteiger charge is -2.21. The molecule has 7 nitrogen and oxygen atoms in total. The van der Waals surface area contributed by atoms with E-state index in [0.29, 0.717) is 24.3 Å². The Morgan fingerprint density at radius 3 is 2.24 bits per heavy atom. The maximum absolute atomic E-state index is 12.7. The first-order chi connectivity index (χ1) is 11.5. The van der Waals surface area contributed by atoms with Gasteiger partial charge in [-0.3, -0.25) is 9.59 Å². The fourth-order valence-electron chi connectivity index (χ4n) is 2.34. The zero-order valence-electron chi connectivity index (χ0n) is 15.3. The highest BCUT2D eigenvalue weighted by atomic mass is 32.2. The van der Waals surface area contributed by atoms with E-state index in [1.165, 1.54) is 24.2 Å². The van der Waals surface area contributed by atoms with Crippen LogP contribution in [0.5, 0.6) is 0 Å². The number of carbonyl (C=O) groups excluding carboxylic acids is 1. The molecule has 0 aliphatic carbocycles. The Morgan fingerprint density at radius 2 is 1.76 bits per heavy atom. The number of benzene rings is 1. The standard InChI is InChI=1S/C17H26N2O5S/c1-6-19(7-2)25(23,24)14-10-13(9-8-12(14)3)18-15(20)11-17(4,5)16(21)22/h8-10H,6-7,11H2,1-5H3,(H,18,20)(H,21,22). The number of carboxylic acid groups (broad SMARTS) is 1. The van der Waals surface area contributed by atoms with Gasteiger partial charge < -0.3 is 10.4 Å². The number of carboxylic acids is 1. The Balaban J connectivity index is 3.10. The Bertz CT molecular complexity index is 752. The minimum atomic E-state index is -3.65. The third-order valence-corrected chi connectivity index (χ3v) is 6.17. The summed E-state index contributed by atoms with van der Waals surface area (Å²) in [4.78, 5) is 23.3. The van der Waals surface area contributed by atoms with Crippen LogP contribution in [0.15, 0.2) is 23.1 Å². The number of sulfonamides is 1. The molecule has 0 saturated carbocycles. The SMILES string of the molecule is CCN(CC)S(=O)(=O)c1cc(NC(=O)CC(C)(C)C(=O)O)ccc1C. The monoisotopic (exact) mass is 370 g/mol. The maximum Gasteiger partial charge on any atom is 0.309 e. The number of anilines is 1. The van der Waals surface area contributed by atoms with Crippen LogP contribution in [0.2, 0.25) is 0 Å². The van der Waals surface area contributed by atoms with Crippen molar-refractivity contribution >= 4 is 27.6 Å². The lowest BCUT2D eigenvalue weighted by molar-refractivity contribution is -0.148. The van der Waals surface area contributed by atoms with Crippen molar-refractivity contribution in [1.82, 2.24) is 4.31 Å². The number of rotatable bonds is 8. The summed E-state index contributed by atoms with van der Waals surface area (Å²) < 4.78 is 26.8. The molecule has 1 rings (SSSR count). The highest BCUT2D eigenvalue weighted by molar-refractivity contribution is 7.89. The molecule has 0 atom stereocenters. The van der Waals surface area contributed by atoms with E-state index in [2.05, 4.69) is 5.32 Å². The van der Waals surface area contributed by atoms with Crippen LogP contribution in [-0.2, 0) is 19.6 Å². The highest BCUT2D eigenvalue weighted by Gasteiger charge is 2.30. The van der Waals surface area contributed by atoms with E-state index in [0.717, 1.165) is 0 Å². The second kappa shape index (κ2) is 7.97. The third kappa shape index (κ3) is 5.02. The van der Waals surface area contributed by atoms with Gasteiger partial charge in [0.1, 0.15) is 0 Å². The summed E-state index contributed by atoms with van der Waals surface area (Å²) in [6, 6.07) is 4.63. The molecular formula is C17H26N2O5S. The molecule has 0 aliphatic heterocycles. The first-order valence-electron chi connectivity index (χ1n) is 8.09. The van der Waals surface area contributed by atoms with E-state index >= 15 is 0 Å². The number of nitrogens with one attached hydrogen (secondary N) is 1. The van der Waals surface area contributed by atoms with Crippen molar-refractivity contribution in [2.75, 3.05) is 18.4 Å². The van der Waals surface area contributed by atoms with Gasteiger partial charge in [-0.2, -0.15) is 4.31 Å². The van der Waals surface area contributed by atoms with Crippen molar-refractivity contribution in [2.24, 2.45) is 5.41 Å². The van der Waals surface area contributed by atoms with Crippen LogP contribution in [0, 0.1) is 12.3 Å². The summed E-state index contributed by atoms with van der Waals surface area (Å²) in [5.41, 5.74) is -0.302. The zero-order chi connectivity index (χ0) is 19.4. The van der Waals surface area contributed by atoms with E-state index in [1.54, 1.807) is 32.9 Å². The molecule has 140 valence electrons. The van der Waals surface area contributed by atoms with Gasteiger partial charge in [0.2, 0.25) is 15.9 Å². The summed E-state index contributed by atoms with van der Waals surface area (Å²) in [7, 11) is -3.65. The maximum atomic E-state index is 12.7. The zero-order valence-corrected chi connectivity index (χ0v) is 16.1. The molecule has 0 fully saturated rings. The first-order valence-corrected chi connectivity index (χ1v) is 9.53. The minimum Gasteiger partial charge on any atom is -0.481 e. The highest BCUT2D eigenvalue weighted by Crippen LogP contribution is 2.25. The Morgan fingerprint density at radius 1 is 1.20 bits per heavy atom. The summed E-state index contributed by atoms with van der Waals surface area (Å²) in [5, 5.41) is 11.7. The molecule has 1 amide bonds. The molecule has 0 bridgehead atoms. The summed E-state index contributed by atoms with van der Waals surface area (Å²) in [6.07, 6.45) is -0.214. The van der Waals surface area contributed by atoms with Crippen molar-refractivity contribution in [2.45, 2.75) is 45.9 Å². The molecule has 0 saturated heterocycles. The number of nitrogens with zero attached hydrogens (tertiary/aromatic N) is 1. The predicted molar refractivity (Wildman–Crippen MR) is 95.9 cm³/mol. The number of hydrogen-bond acceptors (Lipinski definition) is 4. The van der Waals surface area contributed by atoms with Gasteiger partial charge in [0, 0.05) is 25.2 Å². The van der Waals surface area contributed by atoms with E-state index in [4.69, 9.17) is 5.11 Å². The van der Waals surface area contributed by atoms with Gasteiger partial charge in [0.05, 0.1) is 10.3 Å². The molecule has 1 aromatic rings. The number of aliphatic carboxylic acids is 1. The second-order valence-corrected chi connectivity index (χ2v) is 8.39. The number of aryl methyl sites for hydroxylation is 1. The lowest BCUT2D eigenvalue weighted by Crippen LogP contribution is -2.31. The Kier molecular flexibility index (Phi) is 6.73. The molecule has 25 heavy (non-hydrogen) atoms. The van der Waals surface area contributed by atoms with E-state index in [1.807, 2.05) is 0 Å². The second-order valence-electron chi connectivity index (χ2n) is 6.48. The van der Waals surface area contributed by atoms with Gasteiger partial charge >= 0.3 is 5.97 Å². The van der Waals surface area contributed by atoms with Crippen molar-refractivity contribution < 1.29 is 23.1 Å². The van der Waals surface area contributed by atoms with Crippen LogP contribution in [0.25, 0.3) is 0 Å². The van der Waals surface area contributed by atoms with Crippen molar-refractivity contribution in [3.63, 3.8) is 0 Å². The fraction of sp³-hybridized carbons (Fsp3) is 0.529. The molecule has 0 spiro atoms. The quantitative estimate of drug-likeness (QED) is 0.731. The number of hydrogen-bond donors (Lipinski definition) is 2. The molecule has 0 radical (unpaired) electrons. The van der Waals surface area contributed by atoms with Gasteiger partial charge in [-0.05, 0) is 38.5 Å². The molecule has 8 heteroatoms. The van der Waals surface area contributed by atoms with Crippen LogP contribution < -0.4 is 5.32 Å². The molecule has 2 N–H and O–H groups in total. The average molecular weight is 370 g/mol. The smallest absolute Gasteiger partial charge is 0.309 e. The van der Waals surface area contributed by atoms with Crippen molar-refractivity contribution in [1.29, 1.82) is 0 Å². The minimum absolute atomic E-state index is 0.131. The first kappa shape index (κ1) is 21.1. The summed E-state index contributed by atoms with van der Waals surface area (Å²) in [6.45, 7) is 8.82. The van der Waals surface area contributed by atoms with Gasteiger partial charge in [-0.1, -0.05) is 19.9 Å². The van der Waals surface area contributed by atoms with Gasteiger partial charge in [0.15, 0.2) is 0 Å². The molecule has 1 aromatic carbocycles. The fourth-order valence-corrected chi connectivity index (χ4v) is 4.05. The van der Waals surface area contributed by atoms with Crippen LogP contribution in [0.4, 0.5) is 5.69 Å². The lowest BCUT2D eigenvalue weighted by atomic mass is 9.89. The summed E-state index contributed by atoms with van der Waals surface area (Å²) in [5.74, 6) is -1.56. The van der Waals surface area contributed by atoms with E-state index in [-0.39, 0.29) is 11.3 Å². The Hall–Kier alpha value is -1.93. The van der Waals surface area contributed by atoms with Crippen molar-refractivity contribution in [3.05, 3.63) is 23.8 Å². The van der Waals surface area contributed by atoms with Crippen LogP contribution in [0.3, 0.4) is 0 Å². The van der Waals surface area contributed by atoms with E-state index < -0.39 is 27.3 Å². The largest absolute Gasteiger partial charge is 0.481 e. The average Bonchev–Trinajstić information content (AvgIpc) is 2.49. The van der Waals surface area contributed by atoms with Crippen LogP contribution in [0.1, 0.15) is 39.7 Å². The van der Waals surface area contributed by atoms with Crippen LogP contribution >= 0.6 is 0 Å². The van der Waals surface area contributed by atoms with Crippen LogP contribution in [-0.4, -0.2) is 42.8 Å². The molecule has 0 unspecified atom stereocenters. The number of carbonyl (C=O) groups is 2. The molecule has 0 aromatic heterocycles. The molecule has 0 heterocycles. The predicted octanol–water partition coefficient (Wildman–Crippen LogP) is 2.46. The third-order valence-electron chi connectivity index (χ3n) is 3.98. The van der Waals surface area contributed by atoms with E-state index in [9.17, 15) is 18.0 Å². The van der Waals surface area contributed by atoms with Crippen molar-refractivity contribution in [3.8, 4) is 0 Å².